The average molecular weight is 373 g/mol. The minimum Gasteiger partial charge on any atom is -0.393 e. The van der Waals surface area contributed by atoms with Crippen molar-refractivity contribution in [1.82, 2.24) is 0 Å². The van der Waals surface area contributed by atoms with E-state index in [1.54, 1.807) is 5.57 Å². The first-order chi connectivity index (χ1) is 13.5. The SMILES string of the molecule is C#Cc1ccc(C2CC3(C)C(O)CCC3C3CCC4=CC(=O)CCC4=C23)cc1. The summed E-state index contributed by atoms with van der Waals surface area (Å²) in [7, 11) is 0. The number of carbonyl (C=O) groups is 1. The van der Waals surface area contributed by atoms with Crippen LogP contribution in [0.15, 0.2) is 47.1 Å². The molecule has 0 heterocycles. The number of hydrogen-bond acceptors (Lipinski definition) is 2. The molecule has 1 aromatic carbocycles. The highest BCUT2D eigenvalue weighted by Crippen LogP contribution is 2.63. The van der Waals surface area contributed by atoms with Gasteiger partial charge in [0.1, 0.15) is 0 Å². The Hall–Kier alpha value is -2.11. The van der Waals surface area contributed by atoms with E-state index in [0.29, 0.717) is 24.2 Å². The molecule has 5 rings (SSSR count). The van der Waals surface area contributed by atoms with E-state index in [4.69, 9.17) is 6.42 Å². The Morgan fingerprint density at radius 3 is 2.64 bits per heavy atom. The van der Waals surface area contributed by atoms with Gasteiger partial charge in [-0.05, 0) is 90.7 Å². The van der Waals surface area contributed by atoms with Crippen LogP contribution in [0.25, 0.3) is 0 Å². The lowest BCUT2D eigenvalue weighted by atomic mass is 9.53. The number of aliphatic hydroxyl groups is 1. The van der Waals surface area contributed by atoms with E-state index in [1.807, 2.05) is 18.2 Å². The topological polar surface area (TPSA) is 37.3 Å². The Bertz CT molecular complexity index is 926. The molecule has 2 saturated carbocycles. The van der Waals surface area contributed by atoms with Gasteiger partial charge in [0.2, 0.25) is 0 Å². The van der Waals surface area contributed by atoms with Gasteiger partial charge in [-0.1, -0.05) is 30.6 Å². The molecule has 0 bridgehead atoms. The largest absolute Gasteiger partial charge is 0.393 e. The quantitative estimate of drug-likeness (QED) is 0.710. The van der Waals surface area contributed by atoms with Crippen molar-refractivity contribution in [1.29, 1.82) is 0 Å². The second-order valence-corrected chi connectivity index (χ2v) is 9.44. The Morgan fingerprint density at radius 1 is 1.11 bits per heavy atom. The standard InChI is InChI=1S/C26H28O2/c1-3-16-4-6-17(7-5-16)22-15-26(2)23(12-13-24(26)28)21-10-8-18-14-19(27)9-11-20(18)25(21)22/h1,4-7,14,21-24,28H,8-13,15H2,2H3. The predicted molar refractivity (Wildman–Crippen MR) is 111 cm³/mol. The molecule has 2 nitrogen and oxygen atoms in total. The van der Waals surface area contributed by atoms with Crippen molar-refractivity contribution >= 4 is 5.78 Å². The third kappa shape index (κ3) is 2.56. The van der Waals surface area contributed by atoms with Crippen LogP contribution in [0.5, 0.6) is 0 Å². The summed E-state index contributed by atoms with van der Waals surface area (Å²) in [6.45, 7) is 2.31. The predicted octanol–water partition coefficient (Wildman–Crippen LogP) is 4.93. The average Bonchev–Trinajstić information content (AvgIpc) is 3.01. The number of terminal acetylenes is 1. The molecule has 5 unspecified atom stereocenters. The first-order valence-corrected chi connectivity index (χ1v) is 10.7. The third-order valence-electron chi connectivity index (χ3n) is 8.16. The van der Waals surface area contributed by atoms with Crippen LogP contribution in [0.2, 0.25) is 0 Å². The zero-order chi connectivity index (χ0) is 19.5. The summed E-state index contributed by atoms with van der Waals surface area (Å²) in [6, 6.07) is 8.45. The number of carbonyl (C=O) groups excluding carboxylic acids is 1. The molecule has 0 amide bonds. The zero-order valence-electron chi connectivity index (χ0n) is 16.6. The van der Waals surface area contributed by atoms with Crippen molar-refractivity contribution in [3.05, 3.63) is 58.2 Å². The fourth-order valence-electron chi connectivity index (χ4n) is 6.74. The Kier molecular flexibility index (Phi) is 4.14. The van der Waals surface area contributed by atoms with Crippen molar-refractivity contribution in [3.8, 4) is 12.3 Å². The van der Waals surface area contributed by atoms with Crippen LogP contribution in [0.4, 0.5) is 0 Å². The van der Waals surface area contributed by atoms with Gasteiger partial charge in [0.05, 0.1) is 6.10 Å². The lowest BCUT2D eigenvalue weighted by Gasteiger charge is -2.52. The number of allylic oxidation sites excluding steroid dienone is 4. The summed E-state index contributed by atoms with van der Waals surface area (Å²) in [6.07, 6.45) is 14.0. The molecule has 2 heteroatoms. The maximum atomic E-state index is 12.0. The van der Waals surface area contributed by atoms with Gasteiger partial charge in [-0.25, -0.2) is 0 Å². The molecule has 4 aliphatic carbocycles. The first-order valence-electron chi connectivity index (χ1n) is 10.7. The molecule has 0 aromatic heterocycles. The molecular weight excluding hydrogens is 344 g/mol. The van der Waals surface area contributed by atoms with E-state index in [1.165, 1.54) is 16.7 Å². The summed E-state index contributed by atoms with van der Waals surface area (Å²) >= 11 is 0. The summed E-state index contributed by atoms with van der Waals surface area (Å²) in [5.41, 5.74) is 6.53. The Labute approximate surface area is 167 Å². The van der Waals surface area contributed by atoms with Gasteiger partial charge in [-0.3, -0.25) is 4.79 Å². The van der Waals surface area contributed by atoms with E-state index in [0.717, 1.165) is 44.1 Å². The molecule has 1 N–H and O–H groups in total. The molecule has 144 valence electrons. The van der Waals surface area contributed by atoms with Crippen molar-refractivity contribution in [2.45, 2.75) is 63.9 Å². The first kappa shape index (κ1) is 18.0. The minimum absolute atomic E-state index is 0.0180. The second kappa shape index (κ2) is 6.46. The van der Waals surface area contributed by atoms with Crippen LogP contribution in [0.3, 0.4) is 0 Å². The maximum Gasteiger partial charge on any atom is 0.156 e. The van der Waals surface area contributed by atoms with Gasteiger partial charge in [0, 0.05) is 17.9 Å². The van der Waals surface area contributed by atoms with Gasteiger partial charge in [-0.15, -0.1) is 6.42 Å². The number of ketones is 1. The van der Waals surface area contributed by atoms with Crippen LogP contribution < -0.4 is 0 Å². The summed E-state index contributed by atoms with van der Waals surface area (Å²) in [4.78, 5) is 12.0. The summed E-state index contributed by atoms with van der Waals surface area (Å²) < 4.78 is 0. The number of hydrogen-bond donors (Lipinski definition) is 1. The molecule has 0 saturated heterocycles. The molecule has 2 fully saturated rings. The monoisotopic (exact) mass is 372 g/mol. The van der Waals surface area contributed by atoms with Crippen LogP contribution in [-0.2, 0) is 4.79 Å². The highest BCUT2D eigenvalue weighted by molar-refractivity contribution is 5.93. The molecule has 1 aromatic rings. The van der Waals surface area contributed by atoms with Crippen LogP contribution in [0, 0.1) is 29.6 Å². The highest BCUT2D eigenvalue weighted by atomic mass is 16.3. The van der Waals surface area contributed by atoms with Gasteiger partial charge in [0.15, 0.2) is 5.78 Å². The van der Waals surface area contributed by atoms with E-state index in [-0.39, 0.29) is 17.3 Å². The highest BCUT2D eigenvalue weighted by Gasteiger charge is 2.56. The Morgan fingerprint density at radius 2 is 1.89 bits per heavy atom. The van der Waals surface area contributed by atoms with Crippen LogP contribution in [-0.4, -0.2) is 17.0 Å². The van der Waals surface area contributed by atoms with Gasteiger partial charge in [0.25, 0.3) is 0 Å². The number of aliphatic hydroxyl groups excluding tert-OH is 1. The minimum atomic E-state index is -0.207. The molecule has 4 aliphatic rings. The molecule has 28 heavy (non-hydrogen) atoms. The number of rotatable bonds is 1. The van der Waals surface area contributed by atoms with E-state index >= 15 is 0 Å². The third-order valence-corrected chi connectivity index (χ3v) is 8.16. The van der Waals surface area contributed by atoms with Gasteiger partial charge >= 0.3 is 0 Å². The second-order valence-electron chi connectivity index (χ2n) is 9.44. The van der Waals surface area contributed by atoms with Crippen molar-refractivity contribution in [2.75, 3.05) is 0 Å². The van der Waals surface area contributed by atoms with E-state index in [2.05, 4.69) is 25.0 Å². The summed E-state index contributed by atoms with van der Waals surface area (Å²) in [5.74, 6) is 4.41. The number of benzene rings is 1. The normalized spacial score (nSPS) is 36.9. The Balaban J connectivity index is 1.67. The van der Waals surface area contributed by atoms with Crippen molar-refractivity contribution in [2.24, 2.45) is 17.3 Å². The van der Waals surface area contributed by atoms with Gasteiger partial charge in [-0.2, -0.15) is 0 Å². The fraction of sp³-hybridized carbons (Fsp3) is 0.500. The lowest BCUT2D eigenvalue weighted by Crippen LogP contribution is -2.45. The van der Waals surface area contributed by atoms with E-state index < -0.39 is 0 Å². The smallest absolute Gasteiger partial charge is 0.156 e. The fourth-order valence-corrected chi connectivity index (χ4v) is 6.74. The van der Waals surface area contributed by atoms with Crippen molar-refractivity contribution in [3.63, 3.8) is 0 Å². The van der Waals surface area contributed by atoms with E-state index in [9.17, 15) is 9.90 Å². The molecule has 0 radical (unpaired) electrons. The molecule has 0 aliphatic heterocycles. The van der Waals surface area contributed by atoms with Crippen LogP contribution >= 0.6 is 0 Å². The molecular formula is C26H28O2. The summed E-state index contributed by atoms with van der Waals surface area (Å²) in [5, 5.41) is 10.9. The number of fused-ring (bicyclic) bond motifs is 4. The zero-order valence-corrected chi connectivity index (χ0v) is 16.6. The maximum absolute atomic E-state index is 12.0. The molecule has 5 atom stereocenters. The van der Waals surface area contributed by atoms with Gasteiger partial charge < -0.3 is 5.11 Å². The van der Waals surface area contributed by atoms with Crippen LogP contribution in [0.1, 0.15) is 68.9 Å². The lowest BCUT2D eigenvalue weighted by molar-refractivity contribution is -0.114. The van der Waals surface area contributed by atoms with Crippen molar-refractivity contribution < 1.29 is 9.90 Å². The molecule has 0 spiro atoms.